The number of rotatable bonds is 7. The largest absolute Gasteiger partial charge is 0.379 e. The minimum absolute atomic E-state index is 0.514. The van der Waals surface area contributed by atoms with E-state index in [9.17, 15) is 0 Å². The van der Waals surface area contributed by atoms with Crippen molar-refractivity contribution in [3.05, 3.63) is 12.2 Å². The maximum atomic E-state index is 5.40. The van der Waals surface area contributed by atoms with Crippen molar-refractivity contribution in [1.82, 2.24) is 29.9 Å². The summed E-state index contributed by atoms with van der Waals surface area (Å²) in [5.74, 6) is 2.35. The van der Waals surface area contributed by atoms with Crippen LogP contribution in [0.5, 0.6) is 0 Å². The molecule has 0 aromatic carbocycles. The lowest BCUT2D eigenvalue weighted by molar-refractivity contribution is 0.0323. The van der Waals surface area contributed by atoms with Gasteiger partial charge in [0.15, 0.2) is 5.96 Å². The summed E-state index contributed by atoms with van der Waals surface area (Å²) in [7, 11) is 3.94. The third-order valence-corrected chi connectivity index (χ3v) is 4.11. The quantitative estimate of drug-likeness (QED) is 0.565. The number of aryl methyl sites for hydroxylation is 1. The van der Waals surface area contributed by atoms with E-state index in [1.807, 2.05) is 14.1 Å². The molecule has 0 saturated carbocycles. The molecule has 2 rings (SSSR count). The van der Waals surface area contributed by atoms with Gasteiger partial charge in [-0.05, 0) is 12.8 Å². The van der Waals surface area contributed by atoms with Crippen molar-refractivity contribution in [1.29, 1.82) is 0 Å². The molecule has 2 heterocycles. The van der Waals surface area contributed by atoms with Gasteiger partial charge in [0.1, 0.15) is 12.2 Å². The smallest absolute Gasteiger partial charge is 0.194 e. The minimum Gasteiger partial charge on any atom is -0.379 e. The Morgan fingerprint density at radius 1 is 1.46 bits per heavy atom. The molecule has 24 heavy (non-hydrogen) atoms. The monoisotopic (exact) mass is 337 g/mol. The average Bonchev–Trinajstić information content (AvgIpc) is 2.97. The van der Waals surface area contributed by atoms with E-state index < -0.39 is 0 Å². The third kappa shape index (κ3) is 5.76. The normalized spacial score (nSPS) is 17.8. The van der Waals surface area contributed by atoms with Crippen molar-refractivity contribution in [2.75, 3.05) is 53.0 Å². The zero-order chi connectivity index (χ0) is 17.4. The summed E-state index contributed by atoms with van der Waals surface area (Å²) in [6.07, 6.45) is 1.58. The van der Waals surface area contributed by atoms with Crippen LogP contribution in [0.4, 0.5) is 0 Å². The Morgan fingerprint density at radius 2 is 2.21 bits per heavy atom. The van der Waals surface area contributed by atoms with Gasteiger partial charge in [-0.2, -0.15) is 5.10 Å². The van der Waals surface area contributed by atoms with Crippen molar-refractivity contribution >= 4 is 5.96 Å². The Kier molecular flexibility index (Phi) is 7.45. The van der Waals surface area contributed by atoms with E-state index >= 15 is 0 Å². The molecular weight excluding hydrogens is 306 g/mol. The standard InChI is InChI=1S/C16H31N7O/c1-5-17-16(21(3)12-15-19-13-20-22(15)4)18-10-14(2)11-23-6-8-24-9-7-23/h13-14H,5-12H2,1-4H3,(H,17,18). The highest BCUT2D eigenvalue weighted by Gasteiger charge is 2.14. The lowest BCUT2D eigenvalue weighted by Crippen LogP contribution is -2.41. The molecule has 1 fully saturated rings. The summed E-state index contributed by atoms with van der Waals surface area (Å²) < 4.78 is 7.20. The van der Waals surface area contributed by atoms with Gasteiger partial charge < -0.3 is 15.0 Å². The number of ether oxygens (including phenoxy) is 1. The van der Waals surface area contributed by atoms with Gasteiger partial charge in [-0.1, -0.05) is 6.92 Å². The molecule has 1 N–H and O–H groups in total. The highest BCUT2D eigenvalue weighted by molar-refractivity contribution is 5.79. The highest BCUT2D eigenvalue weighted by atomic mass is 16.5. The van der Waals surface area contributed by atoms with Crippen LogP contribution in [0.3, 0.4) is 0 Å². The SMILES string of the molecule is CCNC(=NCC(C)CN1CCOCC1)N(C)Cc1ncnn1C. The molecule has 1 atom stereocenters. The van der Waals surface area contributed by atoms with Gasteiger partial charge in [-0.3, -0.25) is 14.6 Å². The first-order chi connectivity index (χ1) is 11.6. The number of aromatic nitrogens is 3. The molecule has 1 saturated heterocycles. The summed E-state index contributed by atoms with van der Waals surface area (Å²) in [4.78, 5) is 13.6. The molecule has 8 heteroatoms. The van der Waals surface area contributed by atoms with Crippen molar-refractivity contribution in [3.63, 3.8) is 0 Å². The Labute approximate surface area is 144 Å². The molecule has 0 spiro atoms. The van der Waals surface area contributed by atoms with Crippen LogP contribution in [0.1, 0.15) is 19.7 Å². The van der Waals surface area contributed by atoms with Crippen LogP contribution in [-0.2, 0) is 18.3 Å². The second-order valence-electron chi connectivity index (χ2n) is 6.37. The van der Waals surface area contributed by atoms with Crippen molar-refractivity contribution in [3.8, 4) is 0 Å². The van der Waals surface area contributed by atoms with E-state index in [2.05, 4.69) is 39.0 Å². The summed E-state index contributed by atoms with van der Waals surface area (Å²) in [6, 6.07) is 0. The van der Waals surface area contributed by atoms with Crippen LogP contribution in [0.25, 0.3) is 0 Å². The topological polar surface area (TPSA) is 70.8 Å². The molecule has 8 nitrogen and oxygen atoms in total. The maximum absolute atomic E-state index is 5.40. The van der Waals surface area contributed by atoms with E-state index in [-0.39, 0.29) is 0 Å². The highest BCUT2D eigenvalue weighted by Crippen LogP contribution is 2.05. The van der Waals surface area contributed by atoms with Crippen molar-refractivity contribution in [2.45, 2.75) is 20.4 Å². The number of nitrogens with zero attached hydrogens (tertiary/aromatic N) is 6. The predicted octanol–water partition coefficient (Wildman–Crippen LogP) is 0.181. The number of hydrogen-bond acceptors (Lipinski definition) is 5. The van der Waals surface area contributed by atoms with Gasteiger partial charge in [0.2, 0.25) is 0 Å². The molecule has 0 amide bonds. The molecule has 1 aromatic rings. The van der Waals surface area contributed by atoms with Crippen molar-refractivity contribution < 1.29 is 4.74 Å². The van der Waals surface area contributed by atoms with Crippen LogP contribution < -0.4 is 5.32 Å². The molecule has 0 bridgehead atoms. The van der Waals surface area contributed by atoms with Gasteiger partial charge >= 0.3 is 0 Å². The van der Waals surface area contributed by atoms with Crippen LogP contribution in [0, 0.1) is 5.92 Å². The fourth-order valence-electron chi connectivity index (χ4n) is 2.74. The molecular formula is C16H31N7O. The first-order valence-electron chi connectivity index (χ1n) is 8.72. The Bertz CT molecular complexity index is 510. The van der Waals surface area contributed by atoms with E-state index in [0.29, 0.717) is 12.5 Å². The second kappa shape index (κ2) is 9.58. The Balaban J connectivity index is 1.87. The lowest BCUT2D eigenvalue weighted by atomic mass is 10.1. The second-order valence-corrected chi connectivity index (χ2v) is 6.37. The molecule has 1 unspecified atom stereocenters. The zero-order valence-corrected chi connectivity index (χ0v) is 15.4. The van der Waals surface area contributed by atoms with Crippen LogP contribution in [-0.4, -0.2) is 83.5 Å². The molecule has 0 radical (unpaired) electrons. The van der Waals surface area contributed by atoms with E-state index in [1.165, 1.54) is 0 Å². The Hall–Kier alpha value is -1.67. The summed E-state index contributed by atoms with van der Waals surface area (Å²) >= 11 is 0. The minimum atomic E-state index is 0.514. The van der Waals surface area contributed by atoms with Gasteiger partial charge in [-0.25, -0.2) is 4.98 Å². The zero-order valence-electron chi connectivity index (χ0n) is 15.4. The number of morpholine rings is 1. The van der Waals surface area contributed by atoms with Crippen LogP contribution in [0.15, 0.2) is 11.3 Å². The number of guanidine groups is 1. The van der Waals surface area contributed by atoms with Crippen LogP contribution >= 0.6 is 0 Å². The third-order valence-electron chi connectivity index (χ3n) is 4.11. The van der Waals surface area contributed by atoms with Gasteiger partial charge in [0.05, 0.1) is 19.8 Å². The number of hydrogen-bond donors (Lipinski definition) is 1. The summed E-state index contributed by atoms with van der Waals surface area (Å²) in [5, 5.41) is 7.48. The Morgan fingerprint density at radius 3 is 2.83 bits per heavy atom. The first-order valence-corrected chi connectivity index (χ1v) is 8.72. The lowest BCUT2D eigenvalue weighted by Gasteiger charge is -2.29. The predicted molar refractivity (Wildman–Crippen MR) is 94.9 cm³/mol. The maximum Gasteiger partial charge on any atom is 0.194 e. The summed E-state index contributed by atoms with van der Waals surface area (Å²) in [6.45, 7) is 11.5. The first kappa shape index (κ1) is 18.7. The molecule has 1 aliphatic heterocycles. The summed E-state index contributed by atoms with van der Waals surface area (Å²) in [5.41, 5.74) is 0. The fourth-order valence-corrected chi connectivity index (χ4v) is 2.74. The van der Waals surface area contributed by atoms with Crippen molar-refractivity contribution in [2.24, 2.45) is 18.0 Å². The van der Waals surface area contributed by atoms with Crippen LogP contribution in [0.2, 0.25) is 0 Å². The van der Waals surface area contributed by atoms with Gasteiger partial charge in [0.25, 0.3) is 0 Å². The average molecular weight is 337 g/mol. The molecule has 136 valence electrons. The molecule has 1 aromatic heterocycles. The van der Waals surface area contributed by atoms with Gasteiger partial charge in [0, 0.05) is 46.8 Å². The van der Waals surface area contributed by atoms with E-state index in [1.54, 1.807) is 11.0 Å². The fraction of sp³-hybridized carbons (Fsp3) is 0.812. The van der Waals surface area contributed by atoms with E-state index in [0.717, 1.165) is 57.7 Å². The molecule has 1 aliphatic rings. The van der Waals surface area contributed by atoms with E-state index in [4.69, 9.17) is 9.73 Å². The number of nitrogens with one attached hydrogen (secondary N) is 1. The molecule has 0 aliphatic carbocycles. The number of aliphatic imine (C=N–C) groups is 1. The van der Waals surface area contributed by atoms with Gasteiger partial charge in [-0.15, -0.1) is 0 Å².